The Hall–Kier alpha value is -2.81. The Morgan fingerprint density at radius 2 is 1.83 bits per heavy atom. The molecule has 3 aromatic carbocycles. The zero-order chi connectivity index (χ0) is 16.8. The van der Waals surface area contributed by atoms with Crippen molar-refractivity contribution in [3.8, 4) is 5.75 Å². The molecule has 0 atom stereocenters. The molecular formula is C21H21NO2. The Labute approximate surface area is 142 Å². The van der Waals surface area contributed by atoms with Crippen molar-refractivity contribution in [3.63, 3.8) is 0 Å². The Bertz CT molecular complexity index is 828. The van der Waals surface area contributed by atoms with E-state index in [1.165, 1.54) is 16.3 Å². The zero-order valence-electron chi connectivity index (χ0n) is 13.8. The predicted molar refractivity (Wildman–Crippen MR) is 97.4 cm³/mol. The van der Waals surface area contributed by atoms with Crippen molar-refractivity contribution >= 4 is 16.7 Å². The van der Waals surface area contributed by atoms with Crippen molar-refractivity contribution in [2.45, 2.75) is 12.8 Å². The van der Waals surface area contributed by atoms with Gasteiger partial charge >= 0.3 is 0 Å². The third kappa shape index (κ3) is 3.93. The highest BCUT2D eigenvalue weighted by Gasteiger charge is 2.05. The molecule has 0 saturated heterocycles. The van der Waals surface area contributed by atoms with E-state index < -0.39 is 0 Å². The highest BCUT2D eigenvalue weighted by molar-refractivity contribution is 5.87. The van der Waals surface area contributed by atoms with Gasteiger partial charge in [-0.25, -0.2) is 0 Å². The minimum Gasteiger partial charge on any atom is -0.497 e. The Balaban J connectivity index is 1.62. The lowest BCUT2D eigenvalue weighted by molar-refractivity contribution is -0.120. The molecule has 0 aromatic heterocycles. The van der Waals surface area contributed by atoms with Gasteiger partial charge in [0, 0.05) is 6.54 Å². The van der Waals surface area contributed by atoms with Gasteiger partial charge in [-0.3, -0.25) is 4.79 Å². The predicted octanol–water partition coefficient (Wildman–Crippen LogP) is 3.75. The van der Waals surface area contributed by atoms with Gasteiger partial charge < -0.3 is 10.1 Å². The third-order valence-electron chi connectivity index (χ3n) is 4.10. The maximum atomic E-state index is 12.0. The van der Waals surface area contributed by atoms with Crippen LogP contribution in [-0.4, -0.2) is 19.6 Å². The molecule has 0 radical (unpaired) electrons. The zero-order valence-corrected chi connectivity index (χ0v) is 13.8. The van der Waals surface area contributed by atoms with Crippen molar-refractivity contribution in [2.75, 3.05) is 13.7 Å². The van der Waals surface area contributed by atoms with E-state index in [1.807, 2.05) is 36.4 Å². The molecule has 0 aliphatic rings. The lowest BCUT2D eigenvalue weighted by Crippen LogP contribution is -2.27. The summed E-state index contributed by atoms with van der Waals surface area (Å²) in [5.41, 5.74) is 2.25. The summed E-state index contributed by atoms with van der Waals surface area (Å²) in [7, 11) is 1.67. The lowest BCUT2D eigenvalue weighted by Gasteiger charge is -2.09. The first kappa shape index (κ1) is 16.1. The van der Waals surface area contributed by atoms with Crippen LogP contribution in [0.4, 0.5) is 0 Å². The fourth-order valence-electron chi connectivity index (χ4n) is 2.84. The van der Waals surface area contributed by atoms with Crippen molar-refractivity contribution < 1.29 is 9.53 Å². The van der Waals surface area contributed by atoms with E-state index in [-0.39, 0.29) is 5.91 Å². The average Bonchev–Trinajstić information content (AvgIpc) is 2.62. The minimum atomic E-state index is 0.0546. The SMILES string of the molecule is COc1ccc2cccc(CCNC(=O)Cc3ccccc3)c2c1. The number of rotatable bonds is 6. The van der Waals surface area contributed by atoms with Crippen LogP contribution in [0.3, 0.4) is 0 Å². The summed E-state index contributed by atoms with van der Waals surface area (Å²) in [5.74, 6) is 0.905. The van der Waals surface area contributed by atoms with Gasteiger partial charge in [0.1, 0.15) is 5.75 Å². The molecule has 0 saturated carbocycles. The standard InChI is InChI=1S/C21H21NO2/c1-24-19-11-10-17-8-5-9-18(20(17)15-19)12-13-22-21(23)14-16-6-3-2-4-7-16/h2-11,15H,12-14H2,1H3,(H,22,23). The quantitative estimate of drug-likeness (QED) is 0.751. The van der Waals surface area contributed by atoms with E-state index in [0.717, 1.165) is 17.7 Å². The lowest BCUT2D eigenvalue weighted by atomic mass is 10.0. The Kier molecular flexibility index (Phi) is 5.12. The molecular weight excluding hydrogens is 298 g/mol. The molecule has 3 rings (SSSR count). The molecule has 0 bridgehead atoms. The number of amides is 1. The summed E-state index contributed by atoms with van der Waals surface area (Å²) < 4.78 is 5.32. The summed E-state index contributed by atoms with van der Waals surface area (Å²) >= 11 is 0. The molecule has 0 spiro atoms. The van der Waals surface area contributed by atoms with Gasteiger partial charge in [0.15, 0.2) is 0 Å². The smallest absolute Gasteiger partial charge is 0.224 e. The molecule has 0 unspecified atom stereocenters. The van der Waals surface area contributed by atoms with E-state index in [0.29, 0.717) is 13.0 Å². The monoisotopic (exact) mass is 319 g/mol. The van der Waals surface area contributed by atoms with Gasteiger partial charge in [0.25, 0.3) is 0 Å². The molecule has 0 fully saturated rings. The molecule has 0 aliphatic heterocycles. The molecule has 0 aliphatic carbocycles. The number of benzene rings is 3. The highest BCUT2D eigenvalue weighted by Crippen LogP contribution is 2.24. The van der Waals surface area contributed by atoms with Crippen LogP contribution in [0.5, 0.6) is 5.75 Å². The topological polar surface area (TPSA) is 38.3 Å². The third-order valence-corrected chi connectivity index (χ3v) is 4.10. The fraction of sp³-hybridized carbons (Fsp3) is 0.190. The van der Waals surface area contributed by atoms with Crippen LogP contribution in [0.25, 0.3) is 10.8 Å². The average molecular weight is 319 g/mol. The number of methoxy groups -OCH3 is 1. The summed E-state index contributed by atoms with van der Waals surface area (Å²) in [6.07, 6.45) is 1.22. The maximum Gasteiger partial charge on any atom is 0.224 e. The molecule has 1 N–H and O–H groups in total. The first-order valence-electron chi connectivity index (χ1n) is 8.12. The molecule has 0 heterocycles. The van der Waals surface area contributed by atoms with Gasteiger partial charge in [-0.2, -0.15) is 0 Å². The fourth-order valence-corrected chi connectivity index (χ4v) is 2.84. The van der Waals surface area contributed by atoms with E-state index in [4.69, 9.17) is 4.74 Å². The van der Waals surface area contributed by atoms with E-state index in [2.05, 4.69) is 35.6 Å². The summed E-state index contributed by atoms with van der Waals surface area (Å²) in [4.78, 5) is 12.0. The maximum absolute atomic E-state index is 12.0. The van der Waals surface area contributed by atoms with Crippen LogP contribution < -0.4 is 10.1 Å². The van der Waals surface area contributed by atoms with Crippen molar-refractivity contribution in [1.29, 1.82) is 0 Å². The van der Waals surface area contributed by atoms with Gasteiger partial charge in [0.2, 0.25) is 5.91 Å². The summed E-state index contributed by atoms with van der Waals surface area (Å²) in [6.45, 7) is 0.627. The Morgan fingerprint density at radius 1 is 1.00 bits per heavy atom. The minimum absolute atomic E-state index is 0.0546. The highest BCUT2D eigenvalue weighted by atomic mass is 16.5. The number of hydrogen-bond donors (Lipinski definition) is 1. The number of carbonyl (C=O) groups excluding carboxylic acids is 1. The molecule has 3 heteroatoms. The largest absolute Gasteiger partial charge is 0.497 e. The van der Waals surface area contributed by atoms with Crippen LogP contribution in [0.1, 0.15) is 11.1 Å². The number of carbonyl (C=O) groups is 1. The molecule has 24 heavy (non-hydrogen) atoms. The number of nitrogens with one attached hydrogen (secondary N) is 1. The van der Waals surface area contributed by atoms with E-state index >= 15 is 0 Å². The van der Waals surface area contributed by atoms with Gasteiger partial charge in [-0.1, -0.05) is 54.6 Å². The second-order valence-corrected chi connectivity index (χ2v) is 5.77. The number of ether oxygens (including phenoxy) is 1. The first-order valence-corrected chi connectivity index (χ1v) is 8.12. The van der Waals surface area contributed by atoms with Crippen LogP contribution >= 0.6 is 0 Å². The normalized spacial score (nSPS) is 10.5. The molecule has 1 amide bonds. The second kappa shape index (κ2) is 7.64. The second-order valence-electron chi connectivity index (χ2n) is 5.77. The summed E-state index contributed by atoms with van der Waals surface area (Å²) in [6, 6.07) is 22.1. The van der Waals surface area contributed by atoms with Gasteiger partial charge in [-0.15, -0.1) is 0 Å². The van der Waals surface area contributed by atoms with E-state index in [1.54, 1.807) is 7.11 Å². The summed E-state index contributed by atoms with van der Waals surface area (Å²) in [5, 5.41) is 5.36. The number of hydrogen-bond acceptors (Lipinski definition) is 2. The van der Waals surface area contributed by atoms with Crippen LogP contribution in [-0.2, 0) is 17.6 Å². The van der Waals surface area contributed by atoms with Crippen LogP contribution in [0, 0.1) is 0 Å². The molecule has 3 aromatic rings. The van der Waals surface area contributed by atoms with Gasteiger partial charge in [-0.05, 0) is 40.5 Å². The van der Waals surface area contributed by atoms with Crippen LogP contribution in [0.2, 0.25) is 0 Å². The van der Waals surface area contributed by atoms with Crippen LogP contribution in [0.15, 0.2) is 66.7 Å². The van der Waals surface area contributed by atoms with Crippen molar-refractivity contribution in [2.24, 2.45) is 0 Å². The molecule has 122 valence electrons. The van der Waals surface area contributed by atoms with E-state index in [9.17, 15) is 4.79 Å². The van der Waals surface area contributed by atoms with Crippen molar-refractivity contribution in [3.05, 3.63) is 77.9 Å². The van der Waals surface area contributed by atoms with Crippen molar-refractivity contribution in [1.82, 2.24) is 5.32 Å². The molecule has 3 nitrogen and oxygen atoms in total. The van der Waals surface area contributed by atoms with Gasteiger partial charge in [0.05, 0.1) is 13.5 Å². The first-order chi connectivity index (χ1) is 11.8. The Morgan fingerprint density at radius 3 is 2.62 bits per heavy atom. The number of fused-ring (bicyclic) bond motifs is 1.